The van der Waals surface area contributed by atoms with Crippen LogP contribution in [0, 0.1) is 24.4 Å². The first-order valence-electron chi connectivity index (χ1n) is 7.74. The maximum absolute atomic E-state index is 13.7. The second-order valence-corrected chi connectivity index (χ2v) is 7.64. The topological polar surface area (TPSA) is 66.5 Å². The van der Waals surface area contributed by atoms with Crippen LogP contribution in [0.3, 0.4) is 0 Å². The molecule has 2 aromatic carbocycles. The summed E-state index contributed by atoms with van der Waals surface area (Å²) in [6.45, 7) is 1.76. The van der Waals surface area contributed by atoms with Gasteiger partial charge in [-0.1, -0.05) is 0 Å². The Morgan fingerprint density at radius 1 is 1.08 bits per heavy atom. The summed E-state index contributed by atoms with van der Waals surface area (Å²) in [5.74, 6) is -2.99. The van der Waals surface area contributed by atoms with Crippen molar-refractivity contribution in [2.45, 2.75) is 24.3 Å². The molecular weight excluding hydrogens is 369 g/mol. The maximum Gasteiger partial charge on any atom is 0.245 e. The van der Waals surface area contributed by atoms with Crippen molar-refractivity contribution in [1.82, 2.24) is 4.72 Å². The summed E-state index contributed by atoms with van der Waals surface area (Å²) < 4.78 is 67.1. The van der Waals surface area contributed by atoms with Gasteiger partial charge in [-0.25, -0.2) is 21.6 Å². The van der Waals surface area contributed by atoms with E-state index in [9.17, 15) is 26.4 Å². The third-order valence-electron chi connectivity index (χ3n) is 4.14. The van der Waals surface area contributed by atoms with Gasteiger partial charge < -0.3 is 4.90 Å². The van der Waals surface area contributed by atoms with Gasteiger partial charge in [0.15, 0.2) is 0 Å². The predicted molar refractivity (Wildman–Crippen MR) is 88.6 cm³/mol. The van der Waals surface area contributed by atoms with E-state index in [-0.39, 0.29) is 13.0 Å². The number of benzene rings is 2. The minimum atomic E-state index is -4.42. The molecule has 0 unspecified atom stereocenters. The minimum Gasteiger partial charge on any atom is -0.311 e. The van der Waals surface area contributed by atoms with Gasteiger partial charge in [0.25, 0.3) is 0 Å². The fraction of sp³-hybridized carbons (Fsp3) is 0.235. The summed E-state index contributed by atoms with van der Waals surface area (Å²) in [6.07, 6.45) is 0.144. The number of carbonyl (C=O) groups is 1. The highest BCUT2D eigenvalue weighted by Crippen LogP contribution is 2.25. The van der Waals surface area contributed by atoms with Gasteiger partial charge in [-0.2, -0.15) is 4.72 Å². The van der Waals surface area contributed by atoms with Crippen LogP contribution in [0.4, 0.5) is 18.9 Å². The third-order valence-corrected chi connectivity index (χ3v) is 5.63. The van der Waals surface area contributed by atoms with E-state index < -0.39 is 44.3 Å². The lowest BCUT2D eigenvalue weighted by Crippen LogP contribution is -2.41. The molecular formula is C17H15F3N2O3S. The Bertz CT molecular complexity index is 979. The Morgan fingerprint density at radius 3 is 2.46 bits per heavy atom. The van der Waals surface area contributed by atoms with E-state index in [4.69, 9.17) is 0 Å². The second kappa shape index (κ2) is 6.73. The lowest BCUT2D eigenvalue weighted by molar-refractivity contribution is -0.118. The van der Waals surface area contributed by atoms with E-state index in [1.54, 1.807) is 6.92 Å². The van der Waals surface area contributed by atoms with Crippen LogP contribution < -0.4 is 9.62 Å². The van der Waals surface area contributed by atoms with Crippen LogP contribution in [0.1, 0.15) is 12.0 Å². The Labute approximate surface area is 148 Å². The highest BCUT2D eigenvalue weighted by Gasteiger charge is 2.36. The standard InChI is InChI=1S/C17H15F3N2O3S/c1-10-8-12(3-5-13(10)19)22-7-6-15(17(22)23)21-26(24,25)16-9-11(18)2-4-14(16)20/h2-5,8-9,15,21H,6-7H2,1H3/t15-/m0/s1. The number of amides is 1. The molecule has 1 heterocycles. The monoisotopic (exact) mass is 384 g/mol. The number of halogens is 3. The zero-order valence-electron chi connectivity index (χ0n) is 13.7. The van der Waals surface area contributed by atoms with Gasteiger partial charge in [-0.15, -0.1) is 0 Å². The Hall–Kier alpha value is -2.39. The summed E-state index contributed by atoms with van der Waals surface area (Å²) in [5, 5.41) is 0. The number of sulfonamides is 1. The van der Waals surface area contributed by atoms with Gasteiger partial charge in [0.2, 0.25) is 15.9 Å². The molecule has 138 valence electrons. The molecule has 0 saturated carbocycles. The van der Waals surface area contributed by atoms with Crippen LogP contribution in [0.25, 0.3) is 0 Å². The van der Waals surface area contributed by atoms with Gasteiger partial charge in [0.05, 0.1) is 0 Å². The van der Waals surface area contributed by atoms with Gasteiger partial charge in [-0.05, 0) is 55.3 Å². The Balaban J connectivity index is 1.82. The number of nitrogens with one attached hydrogen (secondary N) is 1. The minimum absolute atomic E-state index is 0.144. The van der Waals surface area contributed by atoms with E-state index >= 15 is 0 Å². The average Bonchev–Trinajstić information content (AvgIpc) is 2.92. The quantitative estimate of drug-likeness (QED) is 0.881. The van der Waals surface area contributed by atoms with Crippen LogP contribution in [0.5, 0.6) is 0 Å². The normalized spacial score (nSPS) is 17.8. The van der Waals surface area contributed by atoms with Crippen molar-refractivity contribution in [3.8, 4) is 0 Å². The lowest BCUT2D eigenvalue weighted by atomic mass is 10.2. The van der Waals surface area contributed by atoms with Crippen molar-refractivity contribution in [3.63, 3.8) is 0 Å². The molecule has 0 radical (unpaired) electrons. The molecule has 1 fully saturated rings. The van der Waals surface area contributed by atoms with Gasteiger partial charge in [-0.3, -0.25) is 4.79 Å². The smallest absolute Gasteiger partial charge is 0.245 e. The van der Waals surface area contributed by atoms with E-state index in [2.05, 4.69) is 4.72 Å². The zero-order valence-corrected chi connectivity index (χ0v) is 14.5. The Morgan fingerprint density at radius 2 is 1.77 bits per heavy atom. The van der Waals surface area contributed by atoms with E-state index in [0.29, 0.717) is 23.4 Å². The number of rotatable bonds is 4. The zero-order chi connectivity index (χ0) is 19.1. The highest BCUT2D eigenvalue weighted by atomic mass is 32.2. The molecule has 26 heavy (non-hydrogen) atoms. The number of nitrogens with zero attached hydrogens (tertiary/aromatic N) is 1. The van der Waals surface area contributed by atoms with Crippen LogP contribution in [-0.4, -0.2) is 26.9 Å². The molecule has 1 saturated heterocycles. The van der Waals surface area contributed by atoms with Gasteiger partial charge in [0.1, 0.15) is 28.4 Å². The largest absolute Gasteiger partial charge is 0.311 e. The molecule has 0 aromatic heterocycles. The fourth-order valence-electron chi connectivity index (χ4n) is 2.78. The van der Waals surface area contributed by atoms with Crippen LogP contribution in [-0.2, 0) is 14.8 Å². The molecule has 0 bridgehead atoms. The number of hydrogen-bond acceptors (Lipinski definition) is 3. The van der Waals surface area contributed by atoms with Crippen molar-refractivity contribution in [1.29, 1.82) is 0 Å². The number of anilines is 1. The first-order valence-corrected chi connectivity index (χ1v) is 9.22. The van der Waals surface area contributed by atoms with Crippen molar-refractivity contribution >= 4 is 21.6 Å². The molecule has 3 rings (SSSR count). The number of carbonyl (C=O) groups excluding carboxylic acids is 1. The molecule has 1 atom stereocenters. The van der Waals surface area contributed by atoms with E-state index in [1.807, 2.05) is 0 Å². The first-order chi connectivity index (χ1) is 12.2. The van der Waals surface area contributed by atoms with Crippen molar-refractivity contribution in [2.24, 2.45) is 0 Å². The van der Waals surface area contributed by atoms with Crippen LogP contribution >= 0.6 is 0 Å². The second-order valence-electron chi connectivity index (χ2n) is 5.96. The third kappa shape index (κ3) is 3.45. The van der Waals surface area contributed by atoms with Crippen LogP contribution in [0.2, 0.25) is 0 Å². The molecule has 9 heteroatoms. The van der Waals surface area contributed by atoms with Gasteiger partial charge >= 0.3 is 0 Å². The predicted octanol–water partition coefficient (Wildman–Crippen LogP) is 2.50. The highest BCUT2D eigenvalue weighted by molar-refractivity contribution is 7.89. The fourth-order valence-corrected chi connectivity index (χ4v) is 4.09. The van der Waals surface area contributed by atoms with Crippen molar-refractivity contribution in [3.05, 3.63) is 59.4 Å². The molecule has 1 amide bonds. The summed E-state index contributed by atoms with van der Waals surface area (Å²) >= 11 is 0. The summed E-state index contributed by atoms with van der Waals surface area (Å²) in [6, 6.07) is 5.06. The summed E-state index contributed by atoms with van der Waals surface area (Å²) in [5.41, 5.74) is 0.786. The molecule has 1 aliphatic rings. The lowest BCUT2D eigenvalue weighted by Gasteiger charge is -2.18. The average molecular weight is 384 g/mol. The maximum atomic E-state index is 13.7. The SMILES string of the molecule is Cc1cc(N2CC[C@H](NS(=O)(=O)c3cc(F)ccc3F)C2=O)ccc1F. The molecule has 0 aliphatic carbocycles. The number of hydrogen-bond donors (Lipinski definition) is 1. The first kappa shape index (κ1) is 18.4. The number of aryl methyl sites for hydroxylation is 1. The molecule has 5 nitrogen and oxygen atoms in total. The van der Waals surface area contributed by atoms with Crippen LogP contribution in [0.15, 0.2) is 41.3 Å². The van der Waals surface area contributed by atoms with E-state index in [1.165, 1.54) is 23.1 Å². The summed E-state index contributed by atoms with van der Waals surface area (Å²) in [4.78, 5) is 13.0. The molecule has 1 aliphatic heterocycles. The molecule has 2 aromatic rings. The van der Waals surface area contributed by atoms with Crippen molar-refractivity contribution in [2.75, 3.05) is 11.4 Å². The molecule has 1 N–H and O–H groups in total. The van der Waals surface area contributed by atoms with Crippen molar-refractivity contribution < 1.29 is 26.4 Å². The van der Waals surface area contributed by atoms with E-state index in [0.717, 1.165) is 6.07 Å². The molecule has 0 spiro atoms. The summed E-state index contributed by atoms with van der Waals surface area (Å²) in [7, 11) is -4.42. The Kier molecular flexibility index (Phi) is 4.76. The van der Waals surface area contributed by atoms with Gasteiger partial charge in [0, 0.05) is 12.2 Å².